The van der Waals surface area contributed by atoms with Crippen LogP contribution in [0.3, 0.4) is 0 Å². The van der Waals surface area contributed by atoms with E-state index in [0.29, 0.717) is 28.5 Å². The van der Waals surface area contributed by atoms with E-state index in [0.717, 1.165) is 56.0 Å². The Hall–Kier alpha value is -8.02. The van der Waals surface area contributed by atoms with Gasteiger partial charge in [0.1, 0.15) is 23.3 Å². The fourth-order valence-electron chi connectivity index (χ4n) is 8.69. The lowest BCUT2D eigenvalue weighted by Gasteiger charge is -2.24. The number of nitrogens with one attached hydrogen (secondary N) is 1. The van der Waals surface area contributed by atoms with Crippen molar-refractivity contribution in [2.75, 3.05) is 24.3 Å². The highest BCUT2D eigenvalue weighted by atomic mass is 79.9. The molecule has 0 amide bonds. The zero-order chi connectivity index (χ0) is 49.9. The van der Waals surface area contributed by atoms with Gasteiger partial charge in [0.15, 0.2) is 0 Å². The van der Waals surface area contributed by atoms with E-state index in [1.807, 2.05) is 144 Å². The maximum Gasteiger partial charge on any atom is 0.262 e. The van der Waals surface area contributed by atoms with Gasteiger partial charge in [-0.25, -0.2) is 18.7 Å². The first kappa shape index (κ1) is 49.4. The molecule has 356 valence electrons. The summed E-state index contributed by atoms with van der Waals surface area (Å²) in [6, 6.07) is 64.3. The van der Waals surface area contributed by atoms with E-state index in [9.17, 15) is 18.4 Å². The van der Waals surface area contributed by atoms with Crippen LogP contribution >= 0.6 is 15.9 Å². The molecule has 2 heterocycles. The number of fused-ring (bicyclic) bond motifs is 2. The number of halogens is 3. The highest BCUT2D eigenvalue weighted by molar-refractivity contribution is 9.10. The van der Waals surface area contributed by atoms with Crippen LogP contribution in [0.25, 0.3) is 21.8 Å². The first-order valence-corrected chi connectivity index (χ1v) is 24.1. The maximum atomic E-state index is 14.0. The number of anilines is 3. The summed E-state index contributed by atoms with van der Waals surface area (Å²) in [6.07, 6.45) is 1.40. The molecule has 0 aliphatic carbocycles. The normalized spacial score (nSPS) is 11.7. The molecular formula is C60H53BrF2N6O2. The van der Waals surface area contributed by atoms with Crippen molar-refractivity contribution in [1.82, 2.24) is 19.1 Å². The predicted octanol–water partition coefficient (Wildman–Crippen LogP) is 13.6. The van der Waals surface area contributed by atoms with E-state index < -0.39 is 0 Å². The predicted molar refractivity (Wildman–Crippen MR) is 289 cm³/mol. The monoisotopic (exact) mass is 1010 g/mol. The van der Waals surface area contributed by atoms with E-state index >= 15 is 0 Å². The molecular weight excluding hydrogens is 955 g/mol. The summed E-state index contributed by atoms with van der Waals surface area (Å²) in [4.78, 5) is 38.8. The van der Waals surface area contributed by atoms with Gasteiger partial charge < -0.3 is 10.2 Å². The van der Waals surface area contributed by atoms with Gasteiger partial charge in [-0.3, -0.25) is 18.7 Å². The Balaban J connectivity index is 0.000000166. The second-order valence-electron chi connectivity index (χ2n) is 17.1. The Labute approximate surface area is 420 Å². The number of nitrogens with zero attached hydrogens (tertiary/aromatic N) is 5. The molecule has 11 heteroatoms. The number of benzene rings is 8. The molecule has 8 nitrogen and oxygen atoms in total. The maximum absolute atomic E-state index is 14.0. The molecule has 8 aromatic carbocycles. The molecule has 0 spiro atoms. The van der Waals surface area contributed by atoms with Crippen molar-refractivity contribution in [3.63, 3.8) is 0 Å². The number of aryl methyl sites for hydroxylation is 2. The van der Waals surface area contributed by atoms with Crippen LogP contribution in [0, 0.1) is 25.5 Å². The Bertz CT molecular complexity index is 3470. The zero-order valence-electron chi connectivity index (χ0n) is 39.9. The summed E-state index contributed by atoms with van der Waals surface area (Å²) in [5.41, 5.74) is 8.38. The summed E-state index contributed by atoms with van der Waals surface area (Å²) < 4.78 is 30.1. The van der Waals surface area contributed by atoms with Gasteiger partial charge in [-0.05, 0) is 134 Å². The largest absolute Gasteiger partial charge is 0.388 e. The van der Waals surface area contributed by atoms with Gasteiger partial charge in [0.05, 0.1) is 33.9 Å². The van der Waals surface area contributed by atoms with Gasteiger partial charge in [-0.2, -0.15) is 0 Å². The van der Waals surface area contributed by atoms with Gasteiger partial charge in [0.25, 0.3) is 11.1 Å². The Morgan fingerprint density at radius 1 is 0.521 bits per heavy atom. The highest BCUT2D eigenvalue weighted by Crippen LogP contribution is 2.29. The lowest BCUT2D eigenvalue weighted by Crippen LogP contribution is -2.30. The average Bonchev–Trinajstić information content (AvgIpc) is 3.40. The van der Waals surface area contributed by atoms with E-state index in [1.165, 1.54) is 29.8 Å². The third-order valence-corrected chi connectivity index (χ3v) is 12.9. The molecule has 1 N–H and O–H groups in total. The smallest absolute Gasteiger partial charge is 0.262 e. The van der Waals surface area contributed by atoms with Crippen molar-refractivity contribution in [2.45, 2.75) is 38.8 Å². The summed E-state index contributed by atoms with van der Waals surface area (Å²) in [5.74, 6) is 0.911. The van der Waals surface area contributed by atoms with Crippen LogP contribution in [-0.2, 0) is 12.8 Å². The Kier molecular flexibility index (Phi) is 16.0. The number of aromatic nitrogens is 4. The minimum Gasteiger partial charge on any atom is -0.388 e. The molecule has 2 unspecified atom stereocenters. The Morgan fingerprint density at radius 2 is 0.915 bits per heavy atom. The SMILES string of the molecule is CNc1ccc(F)cc1.Cc1nc2ccc(Br)cc2c(=O)n1C(Cc1ccccc1)c1ccccc1.Cc1nc2ccc(N(C)c3ccc(F)cc3)cc2c(=O)n1C(Cc1ccccc1)c1ccccc1. The molecule has 0 aliphatic heterocycles. The standard InChI is InChI=1S/C30H26FN3O.C23H19BrN2O.C7H8FN/c1-21-32-28-18-17-26(33(2)25-15-13-24(31)14-16-25)20-27(28)30(35)34(21)29(23-11-7-4-8-12-23)19-22-9-5-3-6-10-22;1-16-25-21-13-12-19(24)15-20(21)23(27)26(16)22(18-10-6-3-7-11-18)14-17-8-4-2-5-9-17;1-9-7-4-2-6(8)3-5-7/h3-18,20,29H,19H2,1-2H3;2-13,15,22H,14H2,1H3;2-5,9H,1H3. The molecule has 0 fully saturated rings. The third-order valence-electron chi connectivity index (χ3n) is 12.4. The molecule has 2 atom stereocenters. The molecule has 2 aromatic heterocycles. The van der Waals surface area contributed by atoms with Gasteiger partial charge in [-0.1, -0.05) is 137 Å². The van der Waals surface area contributed by atoms with Crippen LogP contribution in [0.5, 0.6) is 0 Å². The molecule has 0 bridgehead atoms. The number of hydrogen-bond acceptors (Lipinski definition) is 6. The summed E-state index contributed by atoms with van der Waals surface area (Å²) in [7, 11) is 3.70. The van der Waals surface area contributed by atoms with Gasteiger partial charge >= 0.3 is 0 Å². The first-order chi connectivity index (χ1) is 34.5. The van der Waals surface area contributed by atoms with Gasteiger partial charge in [0.2, 0.25) is 0 Å². The van der Waals surface area contributed by atoms with Gasteiger partial charge in [0, 0.05) is 35.6 Å². The molecule has 0 radical (unpaired) electrons. The fourth-order valence-corrected chi connectivity index (χ4v) is 9.06. The summed E-state index contributed by atoms with van der Waals surface area (Å²) >= 11 is 3.47. The minimum absolute atomic E-state index is 0.0106. The number of rotatable bonds is 11. The quantitative estimate of drug-likeness (QED) is 0.139. The van der Waals surface area contributed by atoms with E-state index in [-0.39, 0.29) is 34.8 Å². The second-order valence-corrected chi connectivity index (χ2v) is 18.0. The number of hydrogen-bond donors (Lipinski definition) is 1. The lowest BCUT2D eigenvalue weighted by atomic mass is 9.98. The van der Waals surface area contributed by atoms with Crippen molar-refractivity contribution in [2.24, 2.45) is 0 Å². The molecule has 0 saturated carbocycles. The van der Waals surface area contributed by atoms with E-state index in [1.54, 1.807) is 31.3 Å². The fraction of sp³-hybridized carbons (Fsp3) is 0.133. The van der Waals surface area contributed by atoms with Crippen LogP contribution in [-0.4, -0.2) is 33.2 Å². The van der Waals surface area contributed by atoms with Crippen LogP contribution in [0.15, 0.2) is 220 Å². The highest BCUT2D eigenvalue weighted by Gasteiger charge is 2.22. The Morgan fingerprint density at radius 3 is 1.37 bits per heavy atom. The summed E-state index contributed by atoms with van der Waals surface area (Å²) in [6.45, 7) is 3.80. The molecule has 10 rings (SSSR count). The van der Waals surface area contributed by atoms with Crippen molar-refractivity contribution in [3.8, 4) is 0 Å². The molecule has 0 saturated heterocycles. The van der Waals surface area contributed by atoms with Crippen molar-refractivity contribution in [1.29, 1.82) is 0 Å². The third kappa shape index (κ3) is 12.1. The van der Waals surface area contributed by atoms with Crippen molar-refractivity contribution >= 4 is 54.8 Å². The van der Waals surface area contributed by atoms with Crippen LogP contribution < -0.4 is 21.3 Å². The van der Waals surface area contributed by atoms with Crippen LogP contribution in [0.2, 0.25) is 0 Å². The van der Waals surface area contributed by atoms with E-state index in [4.69, 9.17) is 9.97 Å². The van der Waals surface area contributed by atoms with Crippen LogP contribution in [0.4, 0.5) is 25.8 Å². The first-order valence-electron chi connectivity index (χ1n) is 23.3. The molecule has 71 heavy (non-hydrogen) atoms. The zero-order valence-corrected chi connectivity index (χ0v) is 41.5. The second kappa shape index (κ2) is 23.1. The minimum atomic E-state index is -0.284. The van der Waals surface area contributed by atoms with Crippen LogP contribution in [0.1, 0.15) is 46.0 Å². The van der Waals surface area contributed by atoms with Gasteiger partial charge in [-0.15, -0.1) is 0 Å². The average molecular weight is 1010 g/mol. The van der Waals surface area contributed by atoms with Crippen molar-refractivity contribution < 1.29 is 8.78 Å². The lowest BCUT2D eigenvalue weighted by molar-refractivity contribution is 0.541. The molecule has 0 aliphatic rings. The van der Waals surface area contributed by atoms with E-state index in [2.05, 4.69) is 69.8 Å². The van der Waals surface area contributed by atoms with Crippen molar-refractivity contribution in [3.05, 3.63) is 277 Å². The summed E-state index contributed by atoms with van der Waals surface area (Å²) in [5, 5.41) is 4.07. The molecule has 10 aromatic rings. The topological polar surface area (TPSA) is 85.1 Å².